The Balaban J connectivity index is 1.44. The van der Waals surface area contributed by atoms with E-state index in [1.165, 1.54) is 11.8 Å². The molecule has 2 heterocycles. The van der Waals surface area contributed by atoms with Gasteiger partial charge in [0.2, 0.25) is 11.7 Å². The number of benzene rings is 1. The standard InChI is InChI=1S/C22H27N3O5/c1-28-20-5-3-17(11-21(20)29-2)14-25-9-7-16(8-10-25)15-30-22-6-4-18(12-23-22)19(26)13-24-27/h3-6,11-13,16,27H,7-10,14-15H2,1-2H3/b24-13+. The van der Waals surface area contributed by atoms with Crippen LogP contribution in [0.1, 0.15) is 28.8 Å². The molecule has 3 rings (SSSR count). The average molecular weight is 413 g/mol. The third-order valence-electron chi connectivity index (χ3n) is 5.22. The van der Waals surface area contributed by atoms with Crippen molar-refractivity contribution in [1.29, 1.82) is 0 Å². The zero-order chi connectivity index (χ0) is 21.3. The number of ketones is 1. The lowest BCUT2D eigenvalue weighted by Crippen LogP contribution is -2.35. The summed E-state index contributed by atoms with van der Waals surface area (Å²) in [4.78, 5) is 18.2. The number of likely N-dealkylation sites (tertiary alicyclic amines) is 1. The van der Waals surface area contributed by atoms with Crippen molar-refractivity contribution in [1.82, 2.24) is 9.88 Å². The van der Waals surface area contributed by atoms with Gasteiger partial charge in [-0.3, -0.25) is 9.69 Å². The second-order valence-electron chi connectivity index (χ2n) is 7.21. The number of piperidine rings is 1. The van der Waals surface area contributed by atoms with Gasteiger partial charge in [0.1, 0.15) is 6.21 Å². The number of hydrogen-bond donors (Lipinski definition) is 1. The van der Waals surface area contributed by atoms with E-state index in [4.69, 9.17) is 19.4 Å². The van der Waals surface area contributed by atoms with Gasteiger partial charge in [0.25, 0.3) is 0 Å². The minimum Gasteiger partial charge on any atom is -0.493 e. The van der Waals surface area contributed by atoms with E-state index in [2.05, 4.69) is 21.1 Å². The van der Waals surface area contributed by atoms with Gasteiger partial charge in [0, 0.05) is 24.4 Å². The molecule has 2 aromatic rings. The average Bonchev–Trinajstić information content (AvgIpc) is 2.79. The molecule has 0 radical (unpaired) electrons. The Labute approximate surface area is 176 Å². The molecule has 30 heavy (non-hydrogen) atoms. The van der Waals surface area contributed by atoms with Crippen LogP contribution in [0.25, 0.3) is 0 Å². The molecule has 1 aliphatic rings. The number of hydrogen-bond acceptors (Lipinski definition) is 8. The van der Waals surface area contributed by atoms with E-state index in [9.17, 15) is 4.79 Å². The van der Waals surface area contributed by atoms with Gasteiger partial charge in [0.15, 0.2) is 11.5 Å². The largest absolute Gasteiger partial charge is 0.493 e. The van der Waals surface area contributed by atoms with Gasteiger partial charge in [-0.25, -0.2) is 4.98 Å². The molecule has 8 heteroatoms. The Morgan fingerprint density at radius 1 is 1.20 bits per heavy atom. The van der Waals surface area contributed by atoms with Crippen molar-refractivity contribution in [3.05, 3.63) is 47.7 Å². The van der Waals surface area contributed by atoms with Gasteiger partial charge in [0.05, 0.1) is 20.8 Å². The maximum atomic E-state index is 11.6. The van der Waals surface area contributed by atoms with E-state index in [1.807, 2.05) is 12.1 Å². The van der Waals surface area contributed by atoms with Gasteiger partial charge in [-0.2, -0.15) is 0 Å². The van der Waals surface area contributed by atoms with Crippen LogP contribution >= 0.6 is 0 Å². The van der Waals surface area contributed by atoms with Crippen LogP contribution in [0.15, 0.2) is 41.7 Å². The molecule has 0 unspecified atom stereocenters. The summed E-state index contributed by atoms with van der Waals surface area (Å²) >= 11 is 0. The third kappa shape index (κ3) is 5.70. The zero-order valence-corrected chi connectivity index (χ0v) is 17.3. The lowest BCUT2D eigenvalue weighted by atomic mass is 9.97. The lowest BCUT2D eigenvalue weighted by molar-refractivity contribution is 0.106. The number of carbonyl (C=O) groups is 1. The van der Waals surface area contributed by atoms with E-state index in [1.54, 1.807) is 26.4 Å². The molecule has 0 saturated carbocycles. The minimum atomic E-state index is -0.404. The molecule has 8 nitrogen and oxygen atoms in total. The first-order valence-corrected chi connectivity index (χ1v) is 9.86. The Morgan fingerprint density at radius 2 is 1.97 bits per heavy atom. The topological polar surface area (TPSA) is 93.5 Å². The number of Topliss-reactive ketones (excluding diaryl/α,β-unsaturated/α-hetero) is 1. The van der Waals surface area contributed by atoms with Crippen LogP contribution in [0.4, 0.5) is 0 Å². The fourth-order valence-electron chi connectivity index (χ4n) is 3.49. The Bertz CT molecular complexity index is 862. The molecule has 1 saturated heterocycles. The molecule has 160 valence electrons. The maximum absolute atomic E-state index is 11.6. The molecular formula is C22H27N3O5. The van der Waals surface area contributed by atoms with Gasteiger partial charge in [-0.1, -0.05) is 11.2 Å². The number of methoxy groups -OCH3 is 2. The summed E-state index contributed by atoms with van der Waals surface area (Å²) in [6.07, 6.45) is 4.37. The first-order valence-electron chi connectivity index (χ1n) is 9.86. The van der Waals surface area contributed by atoms with Gasteiger partial charge >= 0.3 is 0 Å². The number of carbonyl (C=O) groups excluding carboxylic acids is 1. The van der Waals surface area contributed by atoms with E-state index in [0.717, 1.165) is 50.2 Å². The van der Waals surface area contributed by atoms with E-state index in [-0.39, 0.29) is 0 Å². The van der Waals surface area contributed by atoms with Gasteiger partial charge < -0.3 is 19.4 Å². The van der Waals surface area contributed by atoms with Crippen molar-refractivity contribution in [2.75, 3.05) is 33.9 Å². The molecule has 0 atom stereocenters. The summed E-state index contributed by atoms with van der Waals surface area (Å²) in [5.41, 5.74) is 1.55. The number of oxime groups is 1. The summed E-state index contributed by atoms with van der Waals surface area (Å²) in [7, 11) is 3.29. The first kappa shape index (κ1) is 21.6. The molecule has 1 fully saturated rings. The normalized spacial score (nSPS) is 15.3. The Hall–Kier alpha value is -3.13. The van der Waals surface area contributed by atoms with E-state index in [0.29, 0.717) is 24.0 Å². The number of pyridine rings is 1. The highest BCUT2D eigenvalue weighted by Crippen LogP contribution is 2.29. The van der Waals surface area contributed by atoms with Crippen LogP contribution in [0.5, 0.6) is 17.4 Å². The monoisotopic (exact) mass is 413 g/mol. The molecule has 1 aromatic carbocycles. The second kappa shape index (κ2) is 10.6. The fourth-order valence-corrected chi connectivity index (χ4v) is 3.49. The molecule has 0 aliphatic carbocycles. The predicted octanol–water partition coefficient (Wildman–Crippen LogP) is 3.03. The van der Waals surface area contributed by atoms with Crippen molar-refractivity contribution in [2.24, 2.45) is 11.1 Å². The predicted molar refractivity (Wildman–Crippen MR) is 112 cm³/mol. The third-order valence-corrected chi connectivity index (χ3v) is 5.22. The number of aromatic nitrogens is 1. The van der Waals surface area contributed by atoms with Crippen LogP contribution < -0.4 is 14.2 Å². The van der Waals surface area contributed by atoms with Gasteiger partial charge in [-0.15, -0.1) is 0 Å². The first-order chi connectivity index (χ1) is 14.6. The smallest absolute Gasteiger partial charge is 0.213 e. The van der Waals surface area contributed by atoms with Crippen molar-refractivity contribution >= 4 is 12.0 Å². The number of rotatable bonds is 9. The SMILES string of the molecule is COc1ccc(CN2CCC(COc3ccc(C(=O)/C=N/O)cn3)CC2)cc1OC. The van der Waals surface area contributed by atoms with Crippen molar-refractivity contribution < 1.29 is 24.2 Å². The summed E-state index contributed by atoms with van der Waals surface area (Å²) in [6, 6.07) is 9.31. The highest BCUT2D eigenvalue weighted by molar-refractivity contribution is 6.35. The van der Waals surface area contributed by atoms with E-state index < -0.39 is 5.78 Å². The van der Waals surface area contributed by atoms with Crippen molar-refractivity contribution in [3.63, 3.8) is 0 Å². The van der Waals surface area contributed by atoms with Crippen LogP contribution in [0, 0.1) is 5.92 Å². The molecule has 1 aromatic heterocycles. The van der Waals surface area contributed by atoms with Gasteiger partial charge in [-0.05, 0) is 55.6 Å². The molecule has 0 spiro atoms. The highest BCUT2D eigenvalue weighted by atomic mass is 16.5. The quantitative estimate of drug-likeness (QED) is 0.292. The molecule has 0 bridgehead atoms. The lowest BCUT2D eigenvalue weighted by Gasteiger charge is -2.31. The van der Waals surface area contributed by atoms with Crippen LogP contribution in [0.3, 0.4) is 0 Å². The maximum Gasteiger partial charge on any atom is 0.213 e. The van der Waals surface area contributed by atoms with Crippen LogP contribution in [-0.4, -0.2) is 61.0 Å². The van der Waals surface area contributed by atoms with Crippen molar-refractivity contribution in [3.8, 4) is 17.4 Å². The minimum absolute atomic E-state index is 0.351. The Morgan fingerprint density at radius 3 is 2.60 bits per heavy atom. The van der Waals surface area contributed by atoms with Crippen LogP contribution in [-0.2, 0) is 6.54 Å². The summed E-state index contributed by atoms with van der Waals surface area (Å²) < 4.78 is 16.5. The molecule has 0 amide bonds. The highest BCUT2D eigenvalue weighted by Gasteiger charge is 2.20. The number of nitrogens with zero attached hydrogens (tertiary/aromatic N) is 3. The zero-order valence-electron chi connectivity index (χ0n) is 17.3. The summed E-state index contributed by atoms with van der Waals surface area (Å²) in [6.45, 7) is 3.48. The number of ether oxygens (including phenoxy) is 3. The van der Waals surface area contributed by atoms with Crippen LogP contribution in [0.2, 0.25) is 0 Å². The Kier molecular flexibility index (Phi) is 7.62. The molecule has 1 aliphatic heterocycles. The second-order valence-corrected chi connectivity index (χ2v) is 7.21. The fraction of sp³-hybridized carbons (Fsp3) is 0.409. The molecule has 1 N–H and O–H groups in total. The van der Waals surface area contributed by atoms with E-state index >= 15 is 0 Å². The summed E-state index contributed by atoms with van der Waals surface area (Å²) in [5, 5.41) is 11.1. The van der Waals surface area contributed by atoms with Crippen molar-refractivity contribution in [2.45, 2.75) is 19.4 Å². The molecular weight excluding hydrogens is 386 g/mol. The summed E-state index contributed by atoms with van der Waals surface area (Å²) in [5.74, 6) is 2.04.